The summed E-state index contributed by atoms with van der Waals surface area (Å²) in [6.07, 6.45) is 8.83. The highest BCUT2D eigenvalue weighted by atomic mass is 16.6. The van der Waals surface area contributed by atoms with Crippen LogP contribution in [0.4, 0.5) is 0 Å². The third-order valence-corrected chi connectivity index (χ3v) is 5.79. The predicted molar refractivity (Wildman–Crippen MR) is 107 cm³/mol. The lowest BCUT2D eigenvalue weighted by atomic mass is 9.80. The molecule has 0 spiro atoms. The molecule has 150 valence electrons. The van der Waals surface area contributed by atoms with Crippen LogP contribution in [0.25, 0.3) is 0 Å². The van der Waals surface area contributed by atoms with Crippen molar-refractivity contribution in [2.24, 2.45) is 5.41 Å². The molecule has 1 aromatic heterocycles. The SMILES string of the molecule is COC(=O)C1(Cc2ccco2)C/C(=C\C2=CCC(c3ccccc3)CC2)OC1=O. The minimum absolute atomic E-state index is 0.123. The fourth-order valence-electron chi connectivity index (χ4n) is 4.19. The highest BCUT2D eigenvalue weighted by Crippen LogP contribution is 2.42. The second kappa shape index (κ2) is 8.11. The Kier molecular flexibility index (Phi) is 5.38. The molecule has 1 aliphatic heterocycles. The number of ether oxygens (including phenoxy) is 2. The van der Waals surface area contributed by atoms with Gasteiger partial charge in [-0.3, -0.25) is 9.59 Å². The average molecular weight is 392 g/mol. The standard InChI is InChI=1S/C24H24O5/c1-27-22(25)24(15-20-8-5-13-28-20)16-21(29-23(24)26)14-17-9-11-19(12-10-17)18-6-3-2-4-7-18/h2-9,13-14,19H,10-12,15-16H2,1H3/b21-14+. The molecule has 0 N–H and O–H groups in total. The number of methoxy groups -OCH3 is 1. The molecule has 1 aliphatic carbocycles. The molecular weight excluding hydrogens is 368 g/mol. The Labute approximate surface area is 170 Å². The highest BCUT2D eigenvalue weighted by Gasteiger charge is 2.55. The van der Waals surface area contributed by atoms with Gasteiger partial charge >= 0.3 is 11.9 Å². The van der Waals surface area contributed by atoms with Crippen LogP contribution in [0.5, 0.6) is 0 Å². The quantitative estimate of drug-likeness (QED) is 0.545. The molecule has 2 atom stereocenters. The van der Waals surface area contributed by atoms with Crippen LogP contribution in [0.15, 0.2) is 76.6 Å². The van der Waals surface area contributed by atoms with Crippen molar-refractivity contribution in [1.82, 2.24) is 0 Å². The number of furan rings is 1. The Morgan fingerprint density at radius 3 is 2.72 bits per heavy atom. The smallest absolute Gasteiger partial charge is 0.329 e. The lowest BCUT2D eigenvalue weighted by molar-refractivity contribution is -0.162. The number of carbonyl (C=O) groups is 2. The Hall–Kier alpha value is -3.08. The fourth-order valence-corrected chi connectivity index (χ4v) is 4.19. The van der Waals surface area contributed by atoms with E-state index in [0.717, 1.165) is 24.8 Å². The van der Waals surface area contributed by atoms with E-state index in [1.807, 2.05) is 12.1 Å². The molecule has 29 heavy (non-hydrogen) atoms. The zero-order valence-corrected chi connectivity index (χ0v) is 16.4. The van der Waals surface area contributed by atoms with Gasteiger partial charge in [-0.1, -0.05) is 36.4 Å². The molecule has 2 unspecified atom stereocenters. The van der Waals surface area contributed by atoms with Crippen molar-refractivity contribution >= 4 is 11.9 Å². The highest BCUT2D eigenvalue weighted by molar-refractivity contribution is 6.02. The first-order valence-corrected chi connectivity index (χ1v) is 9.88. The zero-order chi connectivity index (χ0) is 20.3. The maximum atomic E-state index is 12.7. The first kappa shape index (κ1) is 19.2. The van der Waals surface area contributed by atoms with Gasteiger partial charge < -0.3 is 13.9 Å². The van der Waals surface area contributed by atoms with E-state index in [0.29, 0.717) is 17.4 Å². The lowest BCUT2D eigenvalue weighted by Crippen LogP contribution is -2.38. The summed E-state index contributed by atoms with van der Waals surface area (Å²) in [5, 5.41) is 0. The van der Waals surface area contributed by atoms with Crippen molar-refractivity contribution in [3.8, 4) is 0 Å². The molecule has 2 aliphatic rings. The summed E-state index contributed by atoms with van der Waals surface area (Å²) >= 11 is 0. The van der Waals surface area contributed by atoms with Gasteiger partial charge in [0.2, 0.25) is 0 Å². The van der Waals surface area contributed by atoms with Crippen molar-refractivity contribution in [2.45, 2.75) is 38.0 Å². The van der Waals surface area contributed by atoms with E-state index in [1.165, 1.54) is 18.9 Å². The molecule has 0 amide bonds. The third-order valence-electron chi connectivity index (χ3n) is 5.79. The van der Waals surface area contributed by atoms with Crippen molar-refractivity contribution in [3.63, 3.8) is 0 Å². The van der Waals surface area contributed by atoms with Gasteiger partial charge in [-0.2, -0.15) is 0 Å². The van der Waals surface area contributed by atoms with Crippen LogP contribution < -0.4 is 0 Å². The number of carbonyl (C=O) groups excluding carboxylic acids is 2. The lowest BCUT2D eigenvalue weighted by Gasteiger charge is -2.21. The van der Waals surface area contributed by atoms with Gasteiger partial charge in [-0.05, 0) is 54.5 Å². The summed E-state index contributed by atoms with van der Waals surface area (Å²) in [5.41, 5.74) is 1.10. The summed E-state index contributed by atoms with van der Waals surface area (Å²) in [5.74, 6) is 0.403. The van der Waals surface area contributed by atoms with Gasteiger partial charge in [0.25, 0.3) is 0 Å². The fraction of sp³-hybridized carbons (Fsp3) is 0.333. The second-order valence-electron chi connectivity index (χ2n) is 7.67. The summed E-state index contributed by atoms with van der Waals surface area (Å²) in [7, 11) is 1.29. The molecular formula is C24H24O5. The number of esters is 2. The van der Waals surface area contributed by atoms with Crippen molar-refractivity contribution in [3.05, 3.63) is 83.5 Å². The summed E-state index contributed by atoms with van der Waals surface area (Å²) in [4.78, 5) is 25.2. The van der Waals surface area contributed by atoms with Crippen molar-refractivity contribution in [2.75, 3.05) is 7.11 Å². The van der Waals surface area contributed by atoms with Gasteiger partial charge in [-0.25, -0.2) is 0 Å². The number of hydrogen-bond donors (Lipinski definition) is 0. The molecule has 2 heterocycles. The summed E-state index contributed by atoms with van der Waals surface area (Å²) in [6.45, 7) is 0. The van der Waals surface area contributed by atoms with E-state index in [-0.39, 0.29) is 12.8 Å². The Morgan fingerprint density at radius 1 is 1.24 bits per heavy atom. The van der Waals surface area contributed by atoms with Crippen molar-refractivity contribution in [1.29, 1.82) is 0 Å². The molecule has 4 rings (SSSR count). The Morgan fingerprint density at radius 2 is 2.07 bits per heavy atom. The minimum atomic E-state index is -1.39. The van der Waals surface area contributed by atoms with Crippen LogP contribution in [0, 0.1) is 5.41 Å². The van der Waals surface area contributed by atoms with Crippen molar-refractivity contribution < 1.29 is 23.5 Å². The van der Waals surface area contributed by atoms with Gasteiger partial charge in [-0.15, -0.1) is 0 Å². The van der Waals surface area contributed by atoms with Crippen LogP contribution in [0.1, 0.15) is 42.9 Å². The van der Waals surface area contributed by atoms with Crippen LogP contribution in [-0.2, 0) is 25.5 Å². The Bertz CT molecular complexity index is 939. The van der Waals surface area contributed by atoms with Gasteiger partial charge in [0.1, 0.15) is 11.5 Å². The summed E-state index contributed by atoms with van der Waals surface area (Å²) < 4.78 is 15.8. The molecule has 0 radical (unpaired) electrons. The molecule has 0 bridgehead atoms. The number of cyclic esters (lactones) is 1. The first-order valence-electron chi connectivity index (χ1n) is 9.88. The van der Waals surface area contributed by atoms with Gasteiger partial charge in [0.05, 0.1) is 13.4 Å². The average Bonchev–Trinajstić information content (AvgIpc) is 3.37. The molecule has 1 saturated heterocycles. The molecule has 0 saturated carbocycles. The molecule has 1 fully saturated rings. The maximum Gasteiger partial charge on any atom is 0.329 e. The molecule has 5 nitrogen and oxygen atoms in total. The molecule has 2 aromatic rings. The van der Waals surface area contributed by atoms with E-state index in [4.69, 9.17) is 13.9 Å². The maximum absolute atomic E-state index is 12.7. The van der Waals surface area contributed by atoms with Crippen LogP contribution in [-0.4, -0.2) is 19.0 Å². The Balaban J connectivity index is 1.51. The van der Waals surface area contributed by atoms with Gasteiger partial charge in [0.15, 0.2) is 5.41 Å². The minimum Gasteiger partial charge on any atom is -0.469 e. The topological polar surface area (TPSA) is 65.7 Å². The van der Waals surface area contributed by atoms with E-state index in [1.54, 1.807) is 12.1 Å². The number of allylic oxidation sites excluding steroid dienone is 4. The number of rotatable bonds is 5. The summed E-state index contributed by atoms with van der Waals surface area (Å²) in [6, 6.07) is 14.0. The van der Waals surface area contributed by atoms with E-state index >= 15 is 0 Å². The van der Waals surface area contributed by atoms with E-state index < -0.39 is 17.4 Å². The number of hydrogen-bond acceptors (Lipinski definition) is 5. The molecule has 1 aromatic carbocycles. The second-order valence-corrected chi connectivity index (χ2v) is 7.67. The zero-order valence-electron chi connectivity index (χ0n) is 16.4. The van der Waals surface area contributed by atoms with Crippen LogP contribution in [0.3, 0.4) is 0 Å². The third kappa shape index (κ3) is 3.90. The van der Waals surface area contributed by atoms with Crippen LogP contribution in [0.2, 0.25) is 0 Å². The number of benzene rings is 1. The van der Waals surface area contributed by atoms with E-state index in [2.05, 4.69) is 30.3 Å². The largest absolute Gasteiger partial charge is 0.469 e. The van der Waals surface area contributed by atoms with E-state index in [9.17, 15) is 9.59 Å². The predicted octanol–water partition coefficient (Wildman–Crippen LogP) is 4.71. The van der Waals surface area contributed by atoms with Crippen LogP contribution >= 0.6 is 0 Å². The monoisotopic (exact) mass is 392 g/mol. The molecule has 5 heteroatoms. The normalized spacial score (nSPS) is 25.6. The van der Waals surface area contributed by atoms with Gasteiger partial charge in [0, 0.05) is 12.8 Å². The first-order chi connectivity index (χ1) is 14.1.